The third kappa shape index (κ3) is 5.61. The molecule has 2 rings (SSSR count). The van der Waals surface area contributed by atoms with E-state index in [1.54, 1.807) is 19.1 Å². The lowest BCUT2D eigenvalue weighted by Crippen LogP contribution is -2.41. The van der Waals surface area contributed by atoms with E-state index in [4.69, 9.17) is 4.74 Å². The molecule has 1 atom stereocenters. The van der Waals surface area contributed by atoms with Crippen LogP contribution in [0.2, 0.25) is 0 Å². The third-order valence-electron chi connectivity index (χ3n) is 5.17. The fourth-order valence-corrected chi connectivity index (χ4v) is 4.77. The van der Waals surface area contributed by atoms with E-state index in [9.17, 15) is 13.2 Å². The van der Waals surface area contributed by atoms with Gasteiger partial charge in [0.05, 0.1) is 24.1 Å². The van der Waals surface area contributed by atoms with Gasteiger partial charge in [-0.25, -0.2) is 8.42 Å². The highest BCUT2D eigenvalue weighted by Gasteiger charge is 2.26. The Kier molecular flexibility index (Phi) is 8.03. The fourth-order valence-electron chi connectivity index (χ4n) is 3.36. The summed E-state index contributed by atoms with van der Waals surface area (Å²) < 4.78 is 32.5. The molecule has 0 fully saturated rings. The van der Waals surface area contributed by atoms with Gasteiger partial charge < -0.3 is 10.1 Å². The molecule has 164 valence electrons. The highest BCUT2D eigenvalue weighted by molar-refractivity contribution is 7.89. The second-order valence-corrected chi connectivity index (χ2v) is 9.36. The first kappa shape index (κ1) is 23.9. The zero-order chi connectivity index (χ0) is 22.5. The van der Waals surface area contributed by atoms with Gasteiger partial charge in [-0.05, 0) is 81.1 Å². The monoisotopic (exact) mass is 432 g/mol. The van der Waals surface area contributed by atoms with E-state index < -0.39 is 10.0 Å². The smallest absolute Gasteiger partial charge is 0.243 e. The molecule has 6 nitrogen and oxygen atoms in total. The van der Waals surface area contributed by atoms with Crippen LogP contribution < -0.4 is 10.1 Å². The van der Waals surface area contributed by atoms with Crippen molar-refractivity contribution >= 4 is 15.9 Å². The van der Waals surface area contributed by atoms with Crippen LogP contribution in [0.4, 0.5) is 0 Å². The van der Waals surface area contributed by atoms with E-state index in [2.05, 4.69) is 24.4 Å². The standard InChI is InChI=1S/C23H32N2O4S/c1-7-25(30(27,28)21-11-9-20(10-12-21)29-8-2)15-23(26)24-19(6)22-14-17(4)16(3)13-18(22)5/h9-14,19H,7-8,15H2,1-6H3,(H,24,26)/t19-/m1/s1. The average molecular weight is 433 g/mol. The van der Waals surface area contributed by atoms with Gasteiger partial charge in [-0.3, -0.25) is 4.79 Å². The fraction of sp³-hybridized carbons (Fsp3) is 0.435. The van der Waals surface area contributed by atoms with Crippen molar-refractivity contribution in [2.24, 2.45) is 0 Å². The van der Waals surface area contributed by atoms with Crippen molar-refractivity contribution in [1.29, 1.82) is 0 Å². The third-order valence-corrected chi connectivity index (χ3v) is 7.11. The molecule has 0 aliphatic heterocycles. The minimum atomic E-state index is -3.78. The Morgan fingerprint density at radius 2 is 1.63 bits per heavy atom. The summed E-state index contributed by atoms with van der Waals surface area (Å²) >= 11 is 0. The minimum Gasteiger partial charge on any atom is -0.494 e. The van der Waals surface area contributed by atoms with Crippen LogP contribution in [0, 0.1) is 20.8 Å². The van der Waals surface area contributed by atoms with E-state index in [0.717, 1.165) is 16.7 Å². The summed E-state index contributed by atoms with van der Waals surface area (Å²) in [4.78, 5) is 12.8. The predicted molar refractivity (Wildman–Crippen MR) is 119 cm³/mol. The molecule has 1 N–H and O–H groups in total. The number of likely N-dealkylation sites (N-methyl/N-ethyl adjacent to an activating group) is 1. The highest BCUT2D eigenvalue weighted by Crippen LogP contribution is 2.22. The van der Waals surface area contributed by atoms with Crippen LogP contribution >= 0.6 is 0 Å². The largest absolute Gasteiger partial charge is 0.494 e. The highest BCUT2D eigenvalue weighted by atomic mass is 32.2. The molecule has 0 unspecified atom stereocenters. The van der Waals surface area contributed by atoms with Crippen molar-refractivity contribution in [3.63, 3.8) is 0 Å². The molecule has 0 spiro atoms. The lowest BCUT2D eigenvalue weighted by molar-refractivity contribution is -0.121. The zero-order valence-corrected chi connectivity index (χ0v) is 19.5. The van der Waals surface area contributed by atoms with Gasteiger partial charge in [-0.2, -0.15) is 4.31 Å². The maximum atomic E-state index is 13.0. The van der Waals surface area contributed by atoms with E-state index in [-0.39, 0.29) is 29.9 Å². The zero-order valence-electron chi connectivity index (χ0n) is 18.7. The Labute approximate surface area is 180 Å². The molecule has 0 saturated carbocycles. The number of aryl methyl sites for hydroxylation is 3. The van der Waals surface area contributed by atoms with Crippen molar-refractivity contribution in [3.8, 4) is 5.75 Å². The number of ether oxygens (including phenoxy) is 1. The number of hydrogen-bond acceptors (Lipinski definition) is 4. The Morgan fingerprint density at radius 3 is 2.20 bits per heavy atom. The minimum absolute atomic E-state index is 0.138. The lowest BCUT2D eigenvalue weighted by Gasteiger charge is -2.23. The summed E-state index contributed by atoms with van der Waals surface area (Å²) in [5.41, 5.74) is 4.49. The Balaban J connectivity index is 2.12. The van der Waals surface area contributed by atoms with Crippen molar-refractivity contribution < 1.29 is 17.9 Å². The van der Waals surface area contributed by atoms with Crippen LogP contribution in [-0.2, 0) is 14.8 Å². The van der Waals surface area contributed by atoms with E-state index in [0.29, 0.717) is 12.4 Å². The van der Waals surface area contributed by atoms with Crippen LogP contribution in [0.3, 0.4) is 0 Å². The van der Waals surface area contributed by atoms with Crippen molar-refractivity contribution in [2.75, 3.05) is 19.7 Å². The summed E-state index contributed by atoms with van der Waals surface area (Å²) in [6, 6.07) is 10.2. The van der Waals surface area contributed by atoms with Crippen LogP contribution in [0.15, 0.2) is 41.3 Å². The summed E-state index contributed by atoms with van der Waals surface area (Å²) in [5.74, 6) is 0.270. The van der Waals surface area contributed by atoms with Crippen LogP contribution in [0.25, 0.3) is 0 Å². The molecule has 0 radical (unpaired) electrons. The van der Waals surface area contributed by atoms with Crippen molar-refractivity contribution in [1.82, 2.24) is 9.62 Å². The van der Waals surface area contributed by atoms with Gasteiger partial charge >= 0.3 is 0 Å². The Morgan fingerprint density at radius 1 is 1.03 bits per heavy atom. The Bertz CT molecular complexity index is 985. The van der Waals surface area contributed by atoms with Gasteiger partial charge in [0.15, 0.2) is 0 Å². The number of amides is 1. The molecule has 0 aliphatic rings. The van der Waals surface area contributed by atoms with Crippen LogP contribution in [0.5, 0.6) is 5.75 Å². The molecule has 30 heavy (non-hydrogen) atoms. The molecule has 0 aliphatic carbocycles. The normalized spacial score (nSPS) is 12.6. The summed E-state index contributed by atoms with van der Waals surface area (Å²) in [6.07, 6.45) is 0. The molecular weight excluding hydrogens is 400 g/mol. The summed E-state index contributed by atoms with van der Waals surface area (Å²) in [7, 11) is -3.78. The van der Waals surface area contributed by atoms with Crippen LogP contribution in [-0.4, -0.2) is 38.3 Å². The number of nitrogens with zero attached hydrogens (tertiary/aromatic N) is 1. The lowest BCUT2D eigenvalue weighted by atomic mass is 9.96. The number of carbonyl (C=O) groups is 1. The molecule has 7 heteroatoms. The topological polar surface area (TPSA) is 75.7 Å². The first-order valence-electron chi connectivity index (χ1n) is 10.2. The van der Waals surface area contributed by atoms with E-state index in [1.165, 1.54) is 22.0 Å². The molecule has 1 amide bonds. The van der Waals surface area contributed by atoms with E-state index >= 15 is 0 Å². The van der Waals surface area contributed by atoms with Gasteiger partial charge in [0.1, 0.15) is 5.75 Å². The molecule has 0 saturated heterocycles. The molecule has 0 bridgehead atoms. The van der Waals surface area contributed by atoms with Gasteiger partial charge in [0.25, 0.3) is 0 Å². The summed E-state index contributed by atoms with van der Waals surface area (Å²) in [6.45, 7) is 12.1. The number of sulfonamides is 1. The van der Waals surface area contributed by atoms with Gasteiger partial charge in [0, 0.05) is 6.54 Å². The SMILES string of the molecule is CCOc1ccc(S(=O)(=O)N(CC)CC(=O)N[C@H](C)c2cc(C)c(C)cc2C)cc1. The molecule has 2 aromatic rings. The maximum Gasteiger partial charge on any atom is 0.243 e. The van der Waals surface area contributed by atoms with Crippen LogP contribution in [0.1, 0.15) is 49.1 Å². The number of carbonyl (C=O) groups excluding carboxylic acids is 1. The van der Waals surface area contributed by atoms with Gasteiger partial charge in [0.2, 0.25) is 15.9 Å². The molecule has 0 heterocycles. The second-order valence-electron chi connectivity index (χ2n) is 7.42. The number of hydrogen-bond donors (Lipinski definition) is 1. The molecular formula is C23H32N2O4S. The molecule has 0 aromatic heterocycles. The number of rotatable bonds is 9. The maximum absolute atomic E-state index is 13.0. The number of benzene rings is 2. The van der Waals surface area contributed by atoms with Gasteiger partial charge in [-0.15, -0.1) is 0 Å². The number of nitrogens with one attached hydrogen (secondary N) is 1. The summed E-state index contributed by atoms with van der Waals surface area (Å²) in [5, 5.41) is 2.93. The Hall–Kier alpha value is -2.38. The first-order chi connectivity index (χ1) is 14.1. The predicted octanol–water partition coefficient (Wildman–Crippen LogP) is 3.90. The quantitative estimate of drug-likeness (QED) is 0.652. The van der Waals surface area contributed by atoms with Crippen molar-refractivity contribution in [3.05, 3.63) is 58.7 Å². The van der Waals surface area contributed by atoms with Crippen molar-refractivity contribution in [2.45, 2.75) is 52.5 Å². The second kappa shape index (κ2) is 10.1. The first-order valence-corrected chi connectivity index (χ1v) is 11.6. The average Bonchev–Trinajstić information content (AvgIpc) is 2.69. The molecule has 2 aromatic carbocycles. The van der Waals surface area contributed by atoms with Gasteiger partial charge in [-0.1, -0.05) is 19.1 Å². The van der Waals surface area contributed by atoms with E-state index in [1.807, 2.05) is 27.7 Å².